The van der Waals surface area contributed by atoms with Gasteiger partial charge in [0, 0.05) is 17.1 Å². The van der Waals surface area contributed by atoms with Crippen LogP contribution in [0.5, 0.6) is 5.75 Å². The van der Waals surface area contributed by atoms with E-state index in [1.54, 1.807) is 0 Å². The Kier molecular flexibility index (Phi) is 4.32. The van der Waals surface area contributed by atoms with Crippen LogP contribution >= 0.6 is 10.7 Å². The lowest BCUT2D eigenvalue weighted by Gasteiger charge is -2.03. The predicted octanol–water partition coefficient (Wildman–Crippen LogP) is 2.32. The second-order valence-corrected chi connectivity index (χ2v) is 5.70. The van der Waals surface area contributed by atoms with E-state index in [-0.39, 0.29) is 10.9 Å². The normalized spacial score (nSPS) is 11.1. The first-order valence-electron chi connectivity index (χ1n) is 4.69. The highest BCUT2D eigenvalue weighted by Crippen LogP contribution is 2.19. The molecule has 0 aliphatic carbocycles. The van der Waals surface area contributed by atoms with Crippen molar-refractivity contribution in [3.8, 4) is 5.75 Å². The zero-order valence-corrected chi connectivity index (χ0v) is 10.2. The number of rotatable bonds is 4. The van der Waals surface area contributed by atoms with Gasteiger partial charge in [-0.1, -0.05) is 6.92 Å². The van der Waals surface area contributed by atoms with E-state index < -0.39 is 9.05 Å². The zero-order valence-electron chi connectivity index (χ0n) is 8.64. The molecule has 4 nitrogen and oxygen atoms in total. The third kappa shape index (κ3) is 3.83. The fraction of sp³-hybridized carbons (Fsp3) is 0.300. The van der Waals surface area contributed by atoms with Crippen molar-refractivity contribution in [1.29, 1.82) is 0 Å². The first-order chi connectivity index (χ1) is 7.43. The van der Waals surface area contributed by atoms with Crippen LogP contribution in [-0.4, -0.2) is 14.4 Å². The first-order valence-corrected chi connectivity index (χ1v) is 7.00. The van der Waals surface area contributed by atoms with Crippen LogP contribution in [0, 0.1) is 0 Å². The topological polar surface area (TPSA) is 60.4 Å². The van der Waals surface area contributed by atoms with E-state index >= 15 is 0 Å². The summed E-state index contributed by atoms with van der Waals surface area (Å²) in [4.78, 5) is 11.1. The van der Waals surface area contributed by atoms with Crippen molar-refractivity contribution in [2.75, 3.05) is 0 Å². The van der Waals surface area contributed by atoms with Gasteiger partial charge >= 0.3 is 5.97 Å². The molecular formula is C10H11ClO4S. The minimum absolute atomic E-state index is 0.0237. The molecular weight excluding hydrogens is 252 g/mol. The molecule has 0 fully saturated rings. The van der Waals surface area contributed by atoms with E-state index in [1.807, 2.05) is 6.92 Å². The summed E-state index contributed by atoms with van der Waals surface area (Å²) in [5.41, 5.74) is 0. The molecule has 6 heteroatoms. The van der Waals surface area contributed by atoms with Crippen molar-refractivity contribution in [1.82, 2.24) is 0 Å². The number of carbonyl (C=O) groups is 1. The zero-order chi connectivity index (χ0) is 12.2. The van der Waals surface area contributed by atoms with E-state index in [1.165, 1.54) is 24.3 Å². The lowest BCUT2D eigenvalue weighted by Crippen LogP contribution is -2.06. The molecule has 0 bridgehead atoms. The highest BCUT2D eigenvalue weighted by molar-refractivity contribution is 8.13. The van der Waals surface area contributed by atoms with Gasteiger partial charge in [-0.15, -0.1) is 0 Å². The van der Waals surface area contributed by atoms with Crippen LogP contribution in [0.15, 0.2) is 29.2 Å². The lowest BCUT2D eigenvalue weighted by atomic mass is 10.3. The van der Waals surface area contributed by atoms with Gasteiger partial charge in [-0.2, -0.15) is 0 Å². The predicted molar refractivity (Wildman–Crippen MR) is 60.0 cm³/mol. The maximum absolute atomic E-state index is 11.1. The molecule has 0 amide bonds. The molecule has 0 N–H and O–H groups in total. The molecule has 1 aromatic rings. The second kappa shape index (κ2) is 5.32. The van der Waals surface area contributed by atoms with Crippen molar-refractivity contribution in [3.05, 3.63) is 24.3 Å². The van der Waals surface area contributed by atoms with Gasteiger partial charge in [-0.3, -0.25) is 4.79 Å². The Morgan fingerprint density at radius 2 is 1.88 bits per heavy atom. The standard InChI is InChI=1S/C10H11ClO4S/c1-2-3-10(12)15-8-4-6-9(7-5-8)16(11,13)14/h4-7H,2-3H2,1H3. The quantitative estimate of drug-likeness (QED) is 0.475. The Balaban J connectivity index is 2.76. The minimum atomic E-state index is -3.73. The maximum Gasteiger partial charge on any atom is 0.311 e. The Hall–Kier alpha value is -1.07. The van der Waals surface area contributed by atoms with Gasteiger partial charge < -0.3 is 4.74 Å². The van der Waals surface area contributed by atoms with Crippen LogP contribution in [0.4, 0.5) is 0 Å². The summed E-state index contributed by atoms with van der Waals surface area (Å²) in [6.07, 6.45) is 1.03. The molecule has 0 aliphatic heterocycles. The molecule has 1 aromatic carbocycles. The molecule has 1 rings (SSSR count). The lowest BCUT2D eigenvalue weighted by molar-refractivity contribution is -0.134. The smallest absolute Gasteiger partial charge is 0.311 e. The van der Waals surface area contributed by atoms with E-state index in [4.69, 9.17) is 15.4 Å². The number of ether oxygens (including phenoxy) is 1. The Morgan fingerprint density at radius 1 is 1.31 bits per heavy atom. The molecule has 0 aliphatic rings. The SMILES string of the molecule is CCCC(=O)Oc1ccc(S(=O)(=O)Cl)cc1. The van der Waals surface area contributed by atoms with E-state index in [9.17, 15) is 13.2 Å². The van der Waals surface area contributed by atoms with E-state index in [2.05, 4.69) is 0 Å². The number of halogens is 1. The Labute approximate surface area is 98.6 Å². The number of hydrogen-bond acceptors (Lipinski definition) is 4. The van der Waals surface area contributed by atoms with Gasteiger partial charge in [0.15, 0.2) is 0 Å². The van der Waals surface area contributed by atoms with Crippen LogP contribution in [-0.2, 0) is 13.8 Å². The molecule has 0 saturated heterocycles. The second-order valence-electron chi connectivity index (χ2n) is 3.13. The van der Waals surface area contributed by atoms with Crippen LogP contribution in [0.1, 0.15) is 19.8 Å². The van der Waals surface area contributed by atoms with Gasteiger partial charge in [0.25, 0.3) is 9.05 Å². The maximum atomic E-state index is 11.1. The van der Waals surface area contributed by atoms with Crippen LogP contribution in [0.3, 0.4) is 0 Å². The average molecular weight is 263 g/mol. The molecule has 0 unspecified atom stereocenters. The summed E-state index contributed by atoms with van der Waals surface area (Å²) in [5, 5.41) is 0. The van der Waals surface area contributed by atoms with Crippen molar-refractivity contribution >= 4 is 25.7 Å². The summed E-state index contributed by atoms with van der Waals surface area (Å²) in [6, 6.07) is 5.36. The van der Waals surface area contributed by atoms with Gasteiger partial charge in [0.2, 0.25) is 0 Å². The van der Waals surface area contributed by atoms with Gasteiger partial charge in [0.05, 0.1) is 4.90 Å². The third-order valence-corrected chi connectivity index (χ3v) is 3.16. The minimum Gasteiger partial charge on any atom is -0.427 e. The summed E-state index contributed by atoms with van der Waals surface area (Å²) in [6.45, 7) is 1.87. The number of esters is 1. The largest absolute Gasteiger partial charge is 0.427 e. The van der Waals surface area contributed by atoms with Crippen LogP contribution < -0.4 is 4.74 Å². The first kappa shape index (κ1) is 13.0. The van der Waals surface area contributed by atoms with E-state index in [0.29, 0.717) is 18.6 Å². The number of carbonyl (C=O) groups excluding carboxylic acids is 1. The molecule has 0 aromatic heterocycles. The summed E-state index contributed by atoms with van der Waals surface area (Å²) in [7, 11) is 1.40. The number of hydrogen-bond donors (Lipinski definition) is 0. The Morgan fingerprint density at radius 3 is 2.31 bits per heavy atom. The molecule has 0 atom stereocenters. The fourth-order valence-corrected chi connectivity index (χ4v) is 1.83. The van der Waals surface area contributed by atoms with Gasteiger partial charge in [-0.25, -0.2) is 8.42 Å². The summed E-state index contributed by atoms with van der Waals surface area (Å²) >= 11 is 0. The highest BCUT2D eigenvalue weighted by Gasteiger charge is 2.10. The highest BCUT2D eigenvalue weighted by atomic mass is 35.7. The fourth-order valence-electron chi connectivity index (χ4n) is 1.06. The van der Waals surface area contributed by atoms with Crippen molar-refractivity contribution in [3.63, 3.8) is 0 Å². The molecule has 0 saturated carbocycles. The summed E-state index contributed by atoms with van der Waals surface area (Å²) in [5.74, 6) is -0.0357. The number of benzene rings is 1. The molecule has 0 heterocycles. The Bertz CT molecular complexity index is 464. The van der Waals surface area contributed by atoms with Crippen molar-refractivity contribution in [2.45, 2.75) is 24.7 Å². The molecule has 0 spiro atoms. The average Bonchev–Trinajstić information content (AvgIpc) is 2.17. The van der Waals surface area contributed by atoms with Crippen LogP contribution in [0.2, 0.25) is 0 Å². The molecule has 16 heavy (non-hydrogen) atoms. The molecule has 88 valence electrons. The van der Waals surface area contributed by atoms with Crippen molar-refractivity contribution < 1.29 is 17.9 Å². The summed E-state index contributed by atoms with van der Waals surface area (Å²) < 4.78 is 26.8. The van der Waals surface area contributed by atoms with Gasteiger partial charge in [0.1, 0.15) is 5.75 Å². The van der Waals surface area contributed by atoms with E-state index in [0.717, 1.165) is 0 Å². The monoisotopic (exact) mass is 262 g/mol. The van der Waals surface area contributed by atoms with Gasteiger partial charge in [-0.05, 0) is 30.7 Å². The van der Waals surface area contributed by atoms with Crippen molar-refractivity contribution in [2.24, 2.45) is 0 Å². The van der Waals surface area contributed by atoms with Crippen LogP contribution in [0.25, 0.3) is 0 Å². The molecule has 0 radical (unpaired) electrons. The third-order valence-electron chi connectivity index (χ3n) is 1.79.